The van der Waals surface area contributed by atoms with E-state index in [0.29, 0.717) is 6.04 Å². The molecule has 3 heterocycles. The number of aryl methyl sites for hydroxylation is 1. The van der Waals surface area contributed by atoms with Crippen molar-refractivity contribution in [1.29, 1.82) is 0 Å². The predicted octanol–water partition coefficient (Wildman–Crippen LogP) is 5.08. The molecule has 1 saturated carbocycles. The van der Waals surface area contributed by atoms with Crippen LogP contribution in [0.1, 0.15) is 31.4 Å². The Kier molecular flexibility index (Phi) is 5.06. The van der Waals surface area contributed by atoms with Gasteiger partial charge in [0.25, 0.3) is 0 Å². The summed E-state index contributed by atoms with van der Waals surface area (Å²) in [4.78, 5) is 11.5. The Morgan fingerprint density at radius 3 is 2.86 bits per heavy atom. The van der Waals surface area contributed by atoms with Gasteiger partial charge < -0.3 is 15.0 Å². The van der Waals surface area contributed by atoms with Crippen LogP contribution in [-0.4, -0.2) is 35.8 Å². The molecule has 29 heavy (non-hydrogen) atoms. The van der Waals surface area contributed by atoms with E-state index in [4.69, 9.17) is 9.72 Å². The number of pyridine rings is 2. The number of anilines is 3. The van der Waals surface area contributed by atoms with Crippen LogP contribution < -0.4 is 10.2 Å². The number of fused-ring (bicyclic) bond motifs is 1. The minimum absolute atomic E-state index is 0.465. The molecular weight excluding hydrogens is 360 g/mol. The van der Waals surface area contributed by atoms with E-state index >= 15 is 0 Å². The van der Waals surface area contributed by atoms with Gasteiger partial charge in [0, 0.05) is 41.8 Å². The largest absolute Gasteiger partial charge is 0.379 e. The first-order chi connectivity index (χ1) is 14.3. The van der Waals surface area contributed by atoms with Gasteiger partial charge in [-0.25, -0.2) is 0 Å². The van der Waals surface area contributed by atoms with Crippen molar-refractivity contribution < 1.29 is 4.74 Å². The highest BCUT2D eigenvalue weighted by molar-refractivity contribution is 5.94. The molecule has 1 atom stereocenters. The molecule has 1 aliphatic carbocycles. The molecule has 5 nitrogen and oxygen atoms in total. The van der Waals surface area contributed by atoms with E-state index in [1.54, 1.807) is 6.20 Å². The summed E-state index contributed by atoms with van der Waals surface area (Å²) >= 11 is 0. The maximum atomic E-state index is 6.05. The van der Waals surface area contributed by atoms with Gasteiger partial charge in [0.05, 0.1) is 30.0 Å². The van der Waals surface area contributed by atoms with Gasteiger partial charge in [-0.05, 0) is 74.9 Å². The van der Waals surface area contributed by atoms with Gasteiger partial charge in [0.15, 0.2) is 0 Å². The van der Waals surface area contributed by atoms with Crippen molar-refractivity contribution in [3.63, 3.8) is 0 Å². The lowest BCUT2D eigenvalue weighted by molar-refractivity contribution is 0.112. The van der Waals surface area contributed by atoms with Crippen molar-refractivity contribution in [3.05, 3.63) is 54.5 Å². The van der Waals surface area contributed by atoms with E-state index in [-0.39, 0.29) is 0 Å². The lowest BCUT2D eigenvalue weighted by atomic mass is 10.1. The summed E-state index contributed by atoms with van der Waals surface area (Å²) in [6, 6.07) is 13.1. The quantitative estimate of drug-likeness (QED) is 0.612. The lowest BCUT2D eigenvalue weighted by Crippen LogP contribution is -2.33. The lowest BCUT2D eigenvalue weighted by Gasteiger charge is -2.28. The van der Waals surface area contributed by atoms with Crippen molar-refractivity contribution in [3.8, 4) is 0 Å². The number of aromatic nitrogens is 2. The molecular formula is C24H28N4O. The number of benzene rings is 1. The summed E-state index contributed by atoms with van der Waals surface area (Å²) in [5, 5.41) is 4.63. The fourth-order valence-corrected chi connectivity index (χ4v) is 4.24. The number of nitrogens with zero attached hydrogens (tertiary/aromatic N) is 3. The molecule has 1 aromatic carbocycles. The van der Waals surface area contributed by atoms with Crippen LogP contribution in [0, 0.1) is 12.8 Å². The molecule has 1 aliphatic heterocycles. The zero-order valence-electron chi connectivity index (χ0n) is 17.0. The third-order valence-corrected chi connectivity index (χ3v) is 5.91. The van der Waals surface area contributed by atoms with Crippen LogP contribution in [0.3, 0.4) is 0 Å². The summed E-state index contributed by atoms with van der Waals surface area (Å²) in [7, 11) is 0. The zero-order valence-corrected chi connectivity index (χ0v) is 17.0. The molecule has 0 radical (unpaired) electrons. The second-order valence-corrected chi connectivity index (χ2v) is 8.35. The highest BCUT2D eigenvalue weighted by Crippen LogP contribution is 2.34. The van der Waals surface area contributed by atoms with Crippen LogP contribution in [0.15, 0.2) is 48.8 Å². The second-order valence-electron chi connectivity index (χ2n) is 8.35. The minimum Gasteiger partial charge on any atom is -0.379 e. The second kappa shape index (κ2) is 7.99. The Labute approximate surface area is 172 Å². The third-order valence-electron chi connectivity index (χ3n) is 5.91. The van der Waals surface area contributed by atoms with Crippen molar-refractivity contribution in [2.45, 2.75) is 38.6 Å². The molecule has 1 saturated heterocycles. The average molecular weight is 389 g/mol. The van der Waals surface area contributed by atoms with E-state index in [0.717, 1.165) is 48.3 Å². The first kappa shape index (κ1) is 18.4. The summed E-state index contributed by atoms with van der Waals surface area (Å²) in [6.45, 7) is 4.94. The topological polar surface area (TPSA) is 50.3 Å². The summed E-state index contributed by atoms with van der Waals surface area (Å²) in [6.07, 6.45) is 8.73. The Bertz CT molecular complexity index is 987. The number of ether oxygens (including phenoxy) is 1. The van der Waals surface area contributed by atoms with Gasteiger partial charge in [-0.1, -0.05) is 0 Å². The summed E-state index contributed by atoms with van der Waals surface area (Å²) in [5.41, 5.74) is 5.37. The van der Waals surface area contributed by atoms with E-state index in [1.165, 1.54) is 36.8 Å². The van der Waals surface area contributed by atoms with E-state index < -0.39 is 0 Å². The number of hydrogen-bond donors (Lipinski definition) is 1. The Morgan fingerprint density at radius 2 is 2.03 bits per heavy atom. The minimum atomic E-state index is 0.465. The van der Waals surface area contributed by atoms with Crippen LogP contribution in [-0.2, 0) is 4.74 Å². The predicted molar refractivity (Wildman–Crippen MR) is 118 cm³/mol. The van der Waals surface area contributed by atoms with Crippen LogP contribution in [0.4, 0.5) is 17.1 Å². The Balaban J connectivity index is 1.40. The first-order valence-corrected chi connectivity index (χ1v) is 10.7. The summed E-state index contributed by atoms with van der Waals surface area (Å²) in [5.74, 6) is 0.819. The fraction of sp³-hybridized carbons (Fsp3) is 0.417. The molecule has 5 rings (SSSR count). The van der Waals surface area contributed by atoms with Crippen LogP contribution in [0.2, 0.25) is 0 Å². The maximum absolute atomic E-state index is 6.05. The molecule has 0 bridgehead atoms. The SMILES string of the molecule is Cc1cc(N2CCCC2COCC2CC2)c2ccc(Nc3cccnc3)cc2n1. The number of nitrogens with one attached hydrogen (secondary N) is 1. The van der Waals surface area contributed by atoms with Crippen LogP contribution in [0.25, 0.3) is 10.9 Å². The van der Waals surface area contributed by atoms with Gasteiger partial charge in [-0.2, -0.15) is 0 Å². The van der Waals surface area contributed by atoms with Crippen molar-refractivity contribution in [2.75, 3.05) is 30.0 Å². The smallest absolute Gasteiger partial charge is 0.0746 e. The molecule has 2 aliphatic rings. The van der Waals surface area contributed by atoms with E-state index in [9.17, 15) is 0 Å². The maximum Gasteiger partial charge on any atom is 0.0746 e. The highest BCUT2D eigenvalue weighted by atomic mass is 16.5. The fourth-order valence-electron chi connectivity index (χ4n) is 4.24. The van der Waals surface area contributed by atoms with Gasteiger partial charge in [-0.3, -0.25) is 9.97 Å². The highest BCUT2D eigenvalue weighted by Gasteiger charge is 2.28. The zero-order chi connectivity index (χ0) is 19.6. The third kappa shape index (κ3) is 4.20. The van der Waals surface area contributed by atoms with Crippen LogP contribution in [0.5, 0.6) is 0 Å². The molecule has 1 N–H and O–H groups in total. The molecule has 1 unspecified atom stereocenters. The molecule has 0 spiro atoms. The molecule has 2 aromatic heterocycles. The van der Waals surface area contributed by atoms with Crippen molar-refractivity contribution in [1.82, 2.24) is 9.97 Å². The Morgan fingerprint density at radius 1 is 1.10 bits per heavy atom. The molecule has 3 aromatic rings. The summed E-state index contributed by atoms with van der Waals surface area (Å²) < 4.78 is 6.05. The van der Waals surface area contributed by atoms with Gasteiger partial charge in [0.1, 0.15) is 0 Å². The molecule has 0 amide bonds. The van der Waals surface area contributed by atoms with E-state index in [1.807, 2.05) is 18.3 Å². The monoisotopic (exact) mass is 388 g/mol. The molecule has 150 valence electrons. The first-order valence-electron chi connectivity index (χ1n) is 10.7. The van der Waals surface area contributed by atoms with Crippen LogP contribution >= 0.6 is 0 Å². The van der Waals surface area contributed by atoms with Crippen molar-refractivity contribution >= 4 is 28.0 Å². The Hall–Kier alpha value is -2.66. The van der Waals surface area contributed by atoms with Gasteiger partial charge in [-0.15, -0.1) is 0 Å². The van der Waals surface area contributed by atoms with Crippen molar-refractivity contribution in [2.24, 2.45) is 5.92 Å². The number of hydrogen-bond acceptors (Lipinski definition) is 5. The molecule has 2 fully saturated rings. The standard InChI is InChI=1S/C24H28N4O/c1-17-12-24(28-11-3-5-21(28)16-29-15-18-6-7-18)22-9-8-19(13-23(22)26-17)27-20-4-2-10-25-14-20/h2,4,8-10,12-14,18,21,27H,3,5-7,11,15-16H2,1H3. The van der Waals surface area contributed by atoms with Gasteiger partial charge >= 0.3 is 0 Å². The van der Waals surface area contributed by atoms with E-state index in [2.05, 4.69) is 46.4 Å². The number of rotatable bonds is 7. The van der Waals surface area contributed by atoms with Gasteiger partial charge in [0.2, 0.25) is 0 Å². The molecule has 5 heteroatoms. The average Bonchev–Trinajstić information content (AvgIpc) is 3.43. The normalized spacial score (nSPS) is 19.1.